The molecule has 2 rings (SSSR count). The molecule has 156 valence electrons. The molecule has 0 fully saturated rings. The van der Waals surface area contributed by atoms with Crippen molar-refractivity contribution in [3.05, 3.63) is 69.8 Å². The van der Waals surface area contributed by atoms with Crippen LogP contribution in [0.5, 0.6) is 0 Å². The summed E-state index contributed by atoms with van der Waals surface area (Å²) in [6.45, 7) is 12.2. The maximum atomic E-state index is 12.3. The number of aryl methyl sites for hydroxylation is 4. The zero-order chi connectivity index (χ0) is 21.6. The number of hydrogen-bond acceptors (Lipinski definition) is 4. The molecule has 4 heteroatoms. The van der Waals surface area contributed by atoms with Crippen molar-refractivity contribution < 1.29 is 19.1 Å². The highest BCUT2D eigenvalue weighted by Gasteiger charge is 2.23. The summed E-state index contributed by atoms with van der Waals surface area (Å²) < 4.78 is 10.9. The fourth-order valence-corrected chi connectivity index (χ4v) is 3.32. The summed E-state index contributed by atoms with van der Waals surface area (Å²) in [4.78, 5) is 24.7. The van der Waals surface area contributed by atoms with Crippen LogP contribution in [0.2, 0.25) is 0 Å². The molecule has 0 radical (unpaired) electrons. The molecule has 2 aromatic rings. The lowest BCUT2D eigenvalue weighted by molar-refractivity contribution is -0.153. The van der Waals surface area contributed by atoms with E-state index in [-0.39, 0.29) is 37.0 Å². The monoisotopic (exact) mass is 396 g/mol. The third-order valence-electron chi connectivity index (χ3n) is 5.25. The molecule has 0 heterocycles. The maximum Gasteiger partial charge on any atom is 0.309 e. The van der Waals surface area contributed by atoms with Crippen molar-refractivity contribution in [1.29, 1.82) is 0 Å². The fraction of sp³-hybridized carbons (Fsp3) is 0.440. The molecule has 2 atom stereocenters. The van der Waals surface area contributed by atoms with Crippen molar-refractivity contribution in [3.63, 3.8) is 0 Å². The largest absolute Gasteiger partial charge is 0.461 e. The van der Waals surface area contributed by atoms with Crippen molar-refractivity contribution >= 4 is 11.9 Å². The van der Waals surface area contributed by atoms with Crippen LogP contribution in [0.3, 0.4) is 0 Å². The number of ether oxygens (including phenoxy) is 2. The number of benzene rings is 2. The predicted molar refractivity (Wildman–Crippen MR) is 114 cm³/mol. The molecule has 4 nitrogen and oxygen atoms in total. The van der Waals surface area contributed by atoms with Crippen molar-refractivity contribution in [2.24, 2.45) is 11.8 Å². The molecule has 0 N–H and O–H groups in total. The Bertz CT molecular complexity index is 798. The molecule has 0 spiro atoms. The lowest BCUT2D eigenvalue weighted by Gasteiger charge is -2.17. The van der Waals surface area contributed by atoms with Gasteiger partial charge in [-0.25, -0.2) is 0 Å². The van der Waals surface area contributed by atoms with Gasteiger partial charge >= 0.3 is 11.9 Å². The highest BCUT2D eigenvalue weighted by Crippen LogP contribution is 2.19. The number of esters is 2. The number of rotatable bonds is 8. The van der Waals surface area contributed by atoms with Crippen LogP contribution in [0.4, 0.5) is 0 Å². The van der Waals surface area contributed by atoms with Crippen molar-refractivity contribution in [2.45, 2.75) is 61.2 Å². The van der Waals surface area contributed by atoms with Crippen molar-refractivity contribution in [1.82, 2.24) is 0 Å². The first-order valence-electron chi connectivity index (χ1n) is 10.1. The summed E-state index contributed by atoms with van der Waals surface area (Å²) in [6, 6.07) is 12.1. The molecular weight excluding hydrogens is 364 g/mol. The van der Waals surface area contributed by atoms with Crippen LogP contribution in [0.1, 0.15) is 53.6 Å². The SMILES string of the molecule is Cc1ccc(COC(=O)C(C)CC(C)C(=O)OCc2ccc(C)cc2C)c(C)c1. The average molecular weight is 397 g/mol. The first-order chi connectivity index (χ1) is 13.7. The molecule has 0 aliphatic rings. The second-order valence-corrected chi connectivity index (χ2v) is 8.11. The minimum Gasteiger partial charge on any atom is -0.461 e. The molecule has 29 heavy (non-hydrogen) atoms. The van der Waals surface area contributed by atoms with Crippen LogP contribution in [-0.2, 0) is 32.3 Å². The van der Waals surface area contributed by atoms with Gasteiger partial charge in [-0.15, -0.1) is 0 Å². The summed E-state index contributed by atoms with van der Waals surface area (Å²) in [5, 5.41) is 0. The van der Waals surface area contributed by atoms with Crippen LogP contribution >= 0.6 is 0 Å². The molecule has 0 amide bonds. The molecule has 0 aliphatic carbocycles. The lowest BCUT2D eigenvalue weighted by atomic mass is 9.97. The van der Waals surface area contributed by atoms with Gasteiger partial charge in [0, 0.05) is 0 Å². The van der Waals surface area contributed by atoms with Gasteiger partial charge in [0.1, 0.15) is 13.2 Å². The Labute approximate surface area is 174 Å². The van der Waals surface area contributed by atoms with Gasteiger partial charge < -0.3 is 9.47 Å². The normalized spacial score (nSPS) is 12.9. The van der Waals surface area contributed by atoms with Gasteiger partial charge in [-0.1, -0.05) is 61.4 Å². The Morgan fingerprint density at radius 3 is 1.45 bits per heavy atom. The maximum absolute atomic E-state index is 12.3. The van der Waals surface area contributed by atoms with E-state index in [0.717, 1.165) is 22.3 Å². The van der Waals surface area contributed by atoms with Gasteiger partial charge in [0.2, 0.25) is 0 Å². The van der Waals surface area contributed by atoms with Crippen molar-refractivity contribution in [2.75, 3.05) is 0 Å². The summed E-state index contributed by atoms with van der Waals surface area (Å²) in [5.74, 6) is -1.33. The standard InChI is InChI=1S/C25H32O4/c1-16-7-9-22(18(3)11-16)14-28-24(26)20(5)13-21(6)25(27)29-15-23-10-8-17(2)12-19(23)4/h7-12,20-21H,13-15H2,1-6H3. The quantitative estimate of drug-likeness (QED) is 0.563. The number of hydrogen-bond donors (Lipinski definition) is 0. The first kappa shape index (κ1) is 22.7. The lowest BCUT2D eigenvalue weighted by Crippen LogP contribution is -2.22. The second-order valence-electron chi connectivity index (χ2n) is 8.11. The third-order valence-corrected chi connectivity index (χ3v) is 5.25. The molecule has 2 aromatic carbocycles. The van der Waals surface area contributed by atoms with E-state index in [1.165, 1.54) is 11.1 Å². The van der Waals surface area contributed by atoms with Crippen LogP contribution in [0, 0.1) is 39.5 Å². The fourth-order valence-electron chi connectivity index (χ4n) is 3.32. The molecule has 0 saturated heterocycles. The Balaban J connectivity index is 1.81. The summed E-state index contributed by atoms with van der Waals surface area (Å²) in [6.07, 6.45) is 0.400. The van der Waals surface area contributed by atoms with E-state index in [1.807, 2.05) is 52.0 Å². The van der Waals surface area contributed by atoms with E-state index >= 15 is 0 Å². The molecule has 2 unspecified atom stereocenters. The summed E-state index contributed by atoms with van der Waals surface area (Å²) in [7, 11) is 0. The Morgan fingerprint density at radius 2 is 1.10 bits per heavy atom. The van der Waals surface area contributed by atoms with Crippen LogP contribution in [-0.4, -0.2) is 11.9 Å². The van der Waals surface area contributed by atoms with E-state index in [0.29, 0.717) is 6.42 Å². The molecule has 0 bridgehead atoms. The van der Waals surface area contributed by atoms with Crippen LogP contribution in [0.15, 0.2) is 36.4 Å². The summed E-state index contributed by atoms with van der Waals surface area (Å²) >= 11 is 0. The summed E-state index contributed by atoms with van der Waals surface area (Å²) in [5.41, 5.74) is 6.56. The van der Waals surface area contributed by atoms with E-state index in [1.54, 1.807) is 13.8 Å². The molecule has 0 aromatic heterocycles. The molecule has 0 saturated carbocycles. The zero-order valence-corrected chi connectivity index (χ0v) is 18.4. The van der Waals surface area contributed by atoms with Crippen LogP contribution < -0.4 is 0 Å². The van der Waals surface area contributed by atoms with Gasteiger partial charge in [-0.3, -0.25) is 9.59 Å². The Kier molecular flexibility index (Phi) is 8.00. The number of carbonyl (C=O) groups is 2. The second kappa shape index (κ2) is 10.2. The van der Waals surface area contributed by atoms with Crippen LogP contribution in [0.25, 0.3) is 0 Å². The van der Waals surface area contributed by atoms with E-state index in [4.69, 9.17) is 9.47 Å². The topological polar surface area (TPSA) is 52.6 Å². The minimum atomic E-state index is -0.371. The van der Waals surface area contributed by atoms with Gasteiger partial charge in [0.25, 0.3) is 0 Å². The number of carbonyl (C=O) groups excluding carboxylic acids is 2. The first-order valence-corrected chi connectivity index (χ1v) is 10.1. The van der Waals surface area contributed by atoms with Crippen molar-refractivity contribution in [3.8, 4) is 0 Å². The minimum absolute atomic E-state index is 0.251. The Morgan fingerprint density at radius 1 is 0.724 bits per heavy atom. The molecule has 0 aliphatic heterocycles. The predicted octanol–water partition coefficient (Wildman–Crippen LogP) is 5.37. The van der Waals surface area contributed by atoms with E-state index in [2.05, 4.69) is 12.1 Å². The van der Waals surface area contributed by atoms with Gasteiger partial charge in [0.15, 0.2) is 0 Å². The molecular formula is C25H32O4. The smallest absolute Gasteiger partial charge is 0.309 e. The highest BCUT2D eigenvalue weighted by atomic mass is 16.5. The van der Waals surface area contributed by atoms with Gasteiger partial charge in [-0.05, 0) is 56.4 Å². The third kappa shape index (κ3) is 6.74. The van der Waals surface area contributed by atoms with Gasteiger partial charge in [-0.2, -0.15) is 0 Å². The highest BCUT2D eigenvalue weighted by molar-refractivity contribution is 5.75. The average Bonchev–Trinajstić information content (AvgIpc) is 2.66. The zero-order valence-electron chi connectivity index (χ0n) is 18.4. The Hall–Kier alpha value is -2.62. The van der Waals surface area contributed by atoms with E-state index < -0.39 is 0 Å². The van der Waals surface area contributed by atoms with E-state index in [9.17, 15) is 9.59 Å². The van der Waals surface area contributed by atoms with Gasteiger partial charge in [0.05, 0.1) is 11.8 Å².